The molecule has 0 saturated heterocycles. The van der Waals surface area contributed by atoms with E-state index in [9.17, 15) is 4.57 Å². The minimum absolute atomic E-state index is 0. The Balaban J connectivity index is -0.000000249. The van der Waals surface area contributed by atoms with Crippen LogP contribution >= 0.6 is 7.82 Å². The zero-order chi connectivity index (χ0) is 11.6. The number of rotatable bonds is 5. The number of phosphoric acid groups is 1. The zero-order valence-corrected chi connectivity index (χ0v) is 9.35. The molecule has 0 spiro atoms. The van der Waals surface area contributed by atoms with Gasteiger partial charge in [-0.3, -0.25) is 4.52 Å². The molecule has 0 heterocycles. The summed E-state index contributed by atoms with van der Waals surface area (Å²) in [5.74, 6) is 0. The number of hydrogen-bond acceptors (Lipinski definition) is 4. The van der Waals surface area contributed by atoms with E-state index in [4.69, 9.17) is 20.0 Å². The molecule has 0 rings (SSSR count). The SMILES string of the molecule is CCCC.O=P(O)(O)OCC(O)CO.[NaH]. The fraction of sp³-hybridized carbons (Fsp3) is 1.00. The Hall–Kier alpha value is 1.03. The Morgan fingerprint density at radius 2 is 1.67 bits per heavy atom. The van der Waals surface area contributed by atoms with Crippen molar-refractivity contribution in [3.63, 3.8) is 0 Å². The average molecular weight is 254 g/mol. The first-order chi connectivity index (χ1) is 6.37. The minimum atomic E-state index is -4.50. The molecule has 8 heteroatoms. The van der Waals surface area contributed by atoms with Gasteiger partial charge in [0.05, 0.1) is 13.2 Å². The van der Waals surface area contributed by atoms with E-state index in [-0.39, 0.29) is 29.6 Å². The molecule has 0 aliphatic carbocycles. The fourth-order valence-corrected chi connectivity index (χ4v) is 0.602. The van der Waals surface area contributed by atoms with Gasteiger partial charge in [0.25, 0.3) is 0 Å². The van der Waals surface area contributed by atoms with Gasteiger partial charge in [0, 0.05) is 0 Å². The van der Waals surface area contributed by atoms with E-state index in [1.54, 1.807) is 0 Å². The van der Waals surface area contributed by atoms with Crippen LogP contribution in [0.3, 0.4) is 0 Å². The summed E-state index contributed by atoms with van der Waals surface area (Å²) < 4.78 is 13.8. The van der Waals surface area contributed by atoms with Crippen molar-refractivity contribution in [3.05, 3.63) is 0 Å². The van der Waals surface area contributed by atoms with Gasteiger partial charge in [-0.05, 0) is 0 Å². The van der Waals surface area contributed by atoms with Crippen molar-refractivity contribution in [1.82, 2.24) is 0 Å². The molecule has 0 aromatic heterocycles. The van der Waals surface area contributed by atoms with Gasteiger partial charge in [-0.1, -0.05) is 26.7 Å². The van der Waals surface area contributed by atoms with Gasteiger partial charge in [-0.2, -0.15) is 0 Å². The van der Waals surface area contributed by atoms with Crippen LogP contribution < -0.4 is 0 Å². The first kappa shape index (κ1) is 21.3. The summed E-state index contributed by atoms with van der Waals surface area (Å²) in [6, 6.07) is 0. The van der Waals surface area contributed by atoms with Crippen LogP contribution in [0.25, 0.3) is 0 Å². The van der Waals surface area contributed by atoms with Gasteiger partial charge in [0.1, 0.15) is 6.10 Å². The Kier molecular flexibility index (Phi) is 18.6. The summed E-state index contributed by atoms with van der Waals surface area (Å²) in [5.41, 5.74) is 0. The standard InChI is InChI=1S/C4H10.C3H9O6P.Na.H/c1-3-4-2;4-1-3(5)2-9-10(6,7)8;;/h3-4H2,1-2H3;3-5H,1-2H2,(H2,6,7,8);;. The van der Waals surface area contributed by atoms with E-state index >= 15 is 0 Å². The molecule has 0 bridgehead atoms. The second-order valence-electron chi connectivity index (χ2n) is 2.62. The molecule has 0 saturated carbocycles. The maximum absolute atomic E-state index is 9.93. The second kappa shape index (κ2) is 13.1. The number of hydrogen-bond donors (Lipinski definition) is 4. The van der Waals surface area contributed by atoms with Gasteiger partial charge in [-0.25, -0.2) is 4.57 Å². The van der Waals surface area contributed by atoms with Crippen molar-refractivity contribution >= 4 is 37.4 Å². The molecular weight excluding hydrogens is 234 g/mol. The molecule has 0 aliphatic heterocycles. The first-order valence-corrected chi connectivity index (χ1v) is 5.89. The monoisotopic (exact) mass is 254 g/mol. The van der Waals surface area contributed by atoms with Crippen molar-refractivity contribution < 1.29 is 29.1 Å². The zero-order valence-electron chi connectivity index (χ0n) is 8.46. The molecule has 1 unspecified atom stereocenters. The summed E-state index contributed by atoms with van der Waals surface area (Å²) in [7, 11) is -4.50. The summed E-state index contributed by atoms with van der Waals surface area (Å²) in [6.07, 6.45) is 1.40. The molecule has 0 amide bonds. The summed E-state index contributed by atoms with van der Waals surface area (Å²) in [4.78, 5) is 16.1. The molecule has 0 aromatic carbocycles. The molecule has 4 N–H and O–H groups in total. The predicted molar refractivity (Wildman–Crippen MR) is 58.8 cm³/mol. The fourth-order valence-electron chi connectivity index (χ4n) is 0.236. The van der Waals surface area contributed by atoms with Crippen LogP contribution in [0.5, 0.6) is 0 Å². The third kappa shape index (κ3) is 25.4. The molecule has 1 atom stereocenters. The van der Waals surface area contributed by atoms with Crippen LogP contribution in [0.2, 0.25) is 0 Å². The van der Waals surface area contributed by atoms with E-state index in [1.807, 2.05) is 0 Å². The first-order valence-electron chi connectivity index (χ1n) is 4.36. The molecule has 0 radical (unpaired) electrons. The van der Waals surface area contributed by atoms with Crippen LogP contribution in [-0.2, 0) is 9.09 Å². The van der Waals surface area contributed by atoms with Gasteiger partial charge in [0.15, 0.2) is 0 Å². The normalized spacial score (nSPS) is 12.1. The Morgan fingerprint density at radius 3 is 1.87 bits per heavy atom. The van der Waals surface area contributed by atoms with E-state index < -0.39 is 27.1 Å². The van der Waals surface area contributed by atoms with E-state index in [0.29, 0.717) is 0 Å². The van der Waals surface area contributed by atoms with E-state index in [2.05, 4.69) is 18.4 Å². The van der Waals surface area contributed by atoms with Crippen LogP contribution in [0.1, 0.15) is 26.7 Å². The number of unbranched alkanes of at least 4 members (excludes halogenated alkanes) is 1. The van der Waals surface area contributed by atoms with Crippen molar-refractivity contribution in [2.75, 3.05) is 13.2 Å². The Bertz CT molecular complexity index is 160. The van der Waals surface area contributed by atoms with Crippen molar-refractivity contribution in [1.29, 1.82) is 0 Å². The van der Waals surface area contributed by atoms with E-state index in [0.717, 1.165) is 0 Å². The molecule has 0 aromatic rings. The third-order valence-electron chi connectivity index (χ3n) is 1.15. The topological polar surface area (TPSA) is 107 Å². The van der Waals surface area contributed by atoms with Crippen LogP contribution in [-0.4, -0.2) is 68.9 Å². The predicted octanol–water partition coefficient (Wildman–Crippen LogP) is -0.393. The number of phosphoric ester groups is 1. The summed E-state index contributed by atoms with van der Waals surface area (Å²) in [6.45, 7) is 3.21. The summed E-state index contributed by atoms with van der Waals surface area (Å²) in [5, 5.41) is 16.7. The molecule has 0 fully saturated rings. The molecule has 6 nitrogen and oxygen atoms in total. The molecule has 15 heavy (non-hydrogen) atoms. The molecule has 90 valence electrons. The Labute approximate surface area is 112 Å². The van der Waals surface area contributed by atoms with Crippen molar-refractivity contribution in [3.8, 4) is 0 Å². The Morgan fingerprint density at radius 1 is 1.27 bits per heavy atom. The van der Waals surface area contributed by atoms with Crippen molar-refractivity contribution in [2.24, 2.45) is 0 Å². The number of aliphatic hydroxyl groups excluding tert-OH is 2. The van der Waals surface area contributed by atoms with Gasteiger partial charge < -0.3 is 20.0 Å². The van der Waals surface area contributed by atoms with Gasteiger partial charge >= 0.3 is 37.4 Å². The second-order valence-corrected chi connectivity index (χ2v) is 3.86. The number of aliphatic hydroxyl groups is 2. The van der Waals surface area contributed by atoms with E-state index in [1.165, 1.54) is 12.8 Å². The van der Waals surface area contributed by atoms with Crippen molar-refractivity contribution in [2.45, 2.75) is 32.8 Å². The van der Waals surface area contributed by atoms with Gasteiger partial charge in [-0.15, -0.1) is 0 Å². The maximum atomic E-state index is 9.93. The average Bonchev–Trinajstić information content (AvgIpc) is 2.13. The third-order valence-corrected chi connectivity index (χ3v) is 1.63. The van der Waals surface area contributed by atoms with Crippen LogP contribution in [0.4, 0.5) is 0 Å². The summed E-state index contributed by atoms with van der Waals surface area (Å²) >= 11 is 0. The molecular formula is C7H20NaO6P. The van der Waals surface area contributed by atoms with Gasteiger partial charge in [0.2, 0.25) is 0 Å². The quantitative estimate of drug-likeness (QED) is 0.393. The molecule has 0 aliphatic rings. The van der Waals surface area contributed by atoms with Crippen LogP contribution in [0.15, 0.2) is 0 Å². The van der Waals surface area contributed by atoms with Crippen LogP contribution in [0, 0.1) is 0 Å².